The van der Waals surface area contributed by atoms with E-state index in [1.165, 1.54) is 65.0 Å². The highest BCUT2D eigenvalue weighted by Crippen LogP contribution is 2.10. The van der Waals surface area contributed by atoms with E-state index in [-0.39, 0.29) is 0 Å². The fourth-order valence-electron chi connectivity index (χ4n) is 2.70. The molecule has 0 aromatic heterocycles. The van der Waals surface area contributed by atoms with Gasteiger partial charge in [0.15, 0.2) is 0 Å². The molecule has 2 fully saturated rings. The molecular formula is C12H25N3. The first kappa shape index (κ1) is 11.4. The minimum atomic E-state index is 0.779. The Labute approximate surface area is 93.8 Å². The fraction of sp³-hybridized carbons (Fsp3) is 1.00. The monoisotopic (exact) mass is 211 g/mol. The van der Waals surface area contributed by atoms with Crippen LogP contribution in [0.15, 0.2) is 0 Å². The highest BCUT2D eigenvalue weighted by molar-refractivity contribution is 4.77. The molecule has 2 heterocycles. The molecule has 1 N–H and O–H groups in total. The Bertz CT molecular complexity index is 172. The maximum atomic E-state index is 3.49. The predicted octanol–water partition coefficient (Wildman–Crippen LogP) is 0.766. The molecule has 3 heteroatoms. The van der Waals surface area contributed by atoms with Gasteiger partial charge in [-0.15, -0.1) is 0 Å². The van der Waals surface area contributed by atoms with Crippen molar-refractivity contribution in [1.82, 2.24) is 15.1 Å². The summed E-state index contributed by atoms with van der Waals surface area (Å²) in [5.74, 6) is 0. The molecule has 0 aliphatic carbocycles. The van der Waals surface area contributed by atoms with E-state index in [0.29, 0.717) is 0 Å². The van der Waals surface area contributed by atoms with Crippen molar-refractivity contribution in [3.8, 4) is 0 Å². The quantitative estimate of drug-likeness (QED) is 0.741. The Morgan fingerprint density at radius 3 is 2.73 bits per heavy atom. The summed E-state index contributed by atoms with van der Waals surface area (Å²) in [6.45, 7) is 7.58. The van der Waals surface area contributed by atoms with E-state index in [2.05, 4.69) is 22.2 Å². The van der Waals surface area contributed by atoms with E-state index in [4.69, 9.17) is 0 Å². The second kappa shape index (κ2) is 5.83. The van der Waals surface area contributed by atoms with Crippen LogP contribution in [0.5, 0.6) is 0 Å². The molecule has 0 spiro atoms. The maximum Gasteiger partial charge on any atom is 0.0218 e. The lowest BCUT2D eigenvalue weighted by Crippen LogP contribution is -2.46. The first-order valence-corrected chi connectivity index (χ1v) is 6.49. The number of likely N-dealkylation sites (tertiary alicyclic amines) is 1. The third kappa shape index (κ3) is 3.44. The minimum absolute atomic E-state index is 0.779. The van der Waals surface area contributed by atoms with Crippen LogP contribution >= 0.6 is 0 Å². The number of nitrogens with one attached hydrogen (secondary N) is 1. The van der Waals surface area contributed by atoms with E-state index in [0.717, 1.165) is 6.04 Å². The number of likely N-dealkylation sites (N-methyl/N-ethyl adjacent to an activating group) is 1. The van der Waals surface area contributed by atoms with Crippen molar-refractivity contribution in [1.29, 1.82) is 0 Å². The summed E-state index contributed by atoms with van der Waals surface area (Å²) in [5.41, 5.74) is 0. The highest BCUT2D eigenvalue weighted by Gasteiger charge is 2.18. The first-order valence-electron chi connectivity index (χ1n) is 6.49. The second-order valence-electron chi connectivity index (χ2n) is 5.03. The summed E-state index contributed by atoms with van der Waals surface area (Å²) < 4.78 is 0. The molecule has 2 aliphatic heterocycles. The van der Waals surface area contributed by atoms with Crippen LogP contribution < -0.4 is 5.32 Å². The number of nitrogens with zero attached hydrogens (tertiary/aromatic N) is 2. The van der Waals surface area contributed by atoms with Crippen LogP contribution in [0.4, 0.5) is 0 Å². The van der Waals surface area contributed by atoms with Gasteiger partial charge in [-0.2, -0.15) is 0 Å². The molecule has 3 nitrogen and oxygen atoms in total. The molecule has 88 valence electrons. The highest BCUT2D eigenvalue weighted by atomic mass is 15.2. The Kier molecular flexibility index (Phi) is 4.42. The zero-order chi connectivity index (χ0) is 10.5. The van der Waals surface area contributed by atoms with Crippen molar-refractivity contribution in [2.75, 3.05) is 46.3 Å². The SMILES string of the molecule is CN(CCN1CCCC1)C1CCCNC1. The number of rotatable bonds is 4. The van der Waals surface area contributed by atoms with Gasteiger partial charge in [0.05, 0.1) is 0 Å². The van der Waals surface area contributed by atoms with Gasteiger partial charge in [0.1, 0.15) is 0 Å². The van der Waals surface area contributed by atoms with Gasteiger partial charge in [0, 0.05) is 25.7 Å². The number of hydrogen-bond acceptors (Lipinski definition) is 3. The molecular weight excluding hydrogens is 186 g/mol. The largest absolute Gasteiger partial charge is 0.315 e. The maximum absolute atomic E-state index is 3.49. The summed E-state index contributed by atoms with van der Waals surface area (Å²) in [4.78, 5) is 5.15. The lowest BCUT2D eigenvalue weighted by Gasteiger charge is -2.32. The molecule has 2 rings (SSSR count). The molecule has 0 aromatic carbocycles. The molecule has 1 unspecified atom stereocenters. The van der Waals surface area contributed by atoms with Crippen molar-refractivity contribution in [2.24, 2.45) is 0 Å². The molecule has 0 amide bonds. The average Bonchev–Trinajstić information content (AvgIpc) is 2.80. The van der Waals surface area contributed by atoms with Crippen LogP contribution in [0.1, 0.15) is 25.7 Å². The Morgan fingerprint density at radius 2 is 2.07 bits per heavy atom. The van der Waals surface area contributed by atoms with Crippen LogP contribution in [0, 0.1) is 0 Å². The fourth-order valence-corrected chi connectivity index (χ4v) is 2.70. The summed E-state index contributed by atoms with van der Waals surface area (Å²) in [5, 5.41) is 3.49. The number of piperidine rings is 1. The Hall–Kier alpha value is -0.120. The normalized spacial score (nSPS) is 28.8. The molecule has 0 radical (unpaired) electrons. The standard InChI is InChI=1S/C12H25N3/c1-14(12-5-4-6-13-11-12)9-10-15-7-2-3-8-15/h12-13H,2-11H2,1H3. The van der Waals surface area contributed by atoms with Crippen molar-refractivity contribution >= 4 is 0 Å². The van der Waals surface area contributed by atoms with E-state index >= 15 is 0 Å². The van der Waals surface area contributed by atoms with Crippen LogP contribution in [0.25, 0.3) is 0 Å². The summed E-state index contributed by atoms with van der Waals surface area (Å²) in [6, 6.07) is 0.779. The van der Waals surface area contributed by atoms with Crippen LogP contribution in [0.3, 0.4) is 0 Å². The third-order valence-corrected chi connectivity index (χ3v) is 3.86. The zero-order valence-electron chi connectivity index (χ0n) is 10.0. The molecule has 15 heavy (non-hydrogen) atoms. The molecule has 0 bridgehead atoms. The van der Waals surface area contributed by atoms with Crippen LogP contribution in [0.2, 0.25) is 0 Å². The van der Waals surface area contributed by atoms with E-state index < -0.39 is 0 Å². The van der Waals surface area contributed by atoms with Gasteiger partial charge < -0.3 is 15.1 Å². The third-order valence-electron chi connectivity index (χ3n) is 3.86. The van der Waals surface area contributed by atoms with Gasteiger partial charge in [-0.05, 0) is 52.4 Å². The molecule has 2 aliphatic rings. The summed E-state index contributed by atoms with van der Waals surface area (Å²) >= 11 is 0. The predicted molar refractivity (Wildman–Crippen MR) is 64.2 cm³/mol. The molecule has 1 atom stereocenters. The average molecular weight is 211 g/mol. The van der Waals surface area contributed by atoms with Crippen LogP contribution in [-0.4, -0.2) is 62.2 Å². The summed E-state index contributed by atoms with van der Waals surface area (Å²) in [7, 11) is 2.29. The van der Waals surface area contributed by atoms with E-state index in [1.54, 1.807) is 0 Å². The van der Waals surface area contributed by atoms with Crippen LogP contribution in [-0.2, 0) is 0 Å². The number of hydrogen-bond donors (Lipinski definition) is 1. The lowest BCUT2D eigenvalue weighted by molar-refractivity contribution is 0.179. The van der Waals surface area contributed by atoms with Crippen molar-refractivity contribution in [2.45, 2.75) is 31.7 Å². The molecule has 0 aromatic rings. The lowest BCUT2D eigenvalue weighted by atomic mass is 10.1. The van der Waals surface area contributed by atoms with Gasteiger partial charge in [0.2, 0.25) is 0 Å². The Balaban J connectivity index is 1.64. The van der Waals surface area contributed by atoms with Gasteiger partial charge in [-0.25, -0.2) is 0 Å². The van der Waals surface area contributed by atoms with Gasteiger partial charge >= 0.3 is 0 Å². The smallest absolute Gasteiger partial charge is 0.0218 e. The topological polar surface area (TPSA) is 18.5 Å². The summed E-state index contributed by atoms with van der Waals surface area (Å²) in [6.07, 6.45) is 5.55. The molecule has 0 saturated carbocycles. The van der Waals surface area contributed by atoms with Gasteiger partial charge in [0.25, 0.3) is 0 Å². The minimum Gasteiger partial charge on any atom is -0.315 e. The first-order chi connectivity index (χ1) is 7.36. The van der Waals surface area contributed by atoms with Gasteiger partial charge in [-0.1, -0.05) is 0 Å². The van der Waals surface area contributed by atoms with E-state index in [9.17, 15) is 0 Å². The van der Waals surface area contributed by atoms with Crippen molar-refractivity contribution in [3.63, 3.8) is 0 Å². The van der Waals surface area contributed by atoms with Crippen molar-refractivity contribution < 1.29 is 0 Å². The van der Waals surface area contributed by atoms with Crippen molar-refractivity contribution in [3.05, 3.63) is 0 Å². The van der Waals surface area contributed by atoms with Gasteiger partial charge in [-0.3, -0.25) is 0 Å². The van der Waals surface area contributed by atoms with E-state index in [1.807, 2.05) is 0 Å². The Morgan fingerprint density at radius 1 is 1.27 bits per heavy atom. The zero-order valence-corrected chi connectivity index (χ0v) is 10.0. The second-order valence-corrected chi connectivity index (χ2v) is 5.03. The molecule has 2 saturated heterocycles.